The maximum absolute atomic E-state index is 14.5. The Morgan fingerprint density at radius 2 is 1.65 bits per heavy atom. The average molecular weight is 723 g/mol. The summed E-state index contributed by atoms with van der Waals surface area (Å²) in [5, 5.41) is 11.5. The van der Waals surface area contributed by atoms with Crippen LogP contribution in [0.5, 0.6) is 17.2 Å². The third kappa shape index (κ3) is 11.1. The first-order chi connectivity index (χ1) is 25.3. The second-order valence-electron chi connectivity index (χ2n) is 15.2. The molecule has 2 aliphatic heterocycles. The molecule has 0 spiro atoms. The molecule has 1 N–H and O–H groups in total. The van der Waals surface area contributed by atoms with Gasteiger partial charge >= 0.3 is 5.97 Å². The number of morpholine rings is 1. The number of carbonyl (C=O) groups excluding carboxylic acids is 2. The normalized spacial score (nSPS) is 20.6. The number of carbonyl (C=O) groups is 2. The summed E-state index contributed by atoms with van der Waals surface area (Å²) in [7, 11) is 3.24. The lowest BCUT2D eigenvalue weighted by atomic mass is 9.75. The lowest BCUT2D eigenvalue weighted by molar-refractivity contribution is -0.165. The molecular weight excluding hydrogens is 660 g/mol. The molecule has 288 valence electrons. The predicted octanol–water partition coefficient (Wildman–Crippen LogP) is 6.62. The fourth-order valence-corrected chi connectivity index (χ4v) is 8.20. The first kappa shape index (κ1) is 39.9. The zero-order valence-corrected chi connectivity index (χ0v) is 31.9. The molecule has 2 heterocycles. The van der Waals surface area contributed by atoms with Gasteiger partial charge in [-0.2, -0.15) is 0 Å². The van der Waals surface area contributed by atoms with Crippen LogP contribution < -0.4 is 14.2 Å². The second-order valence-corrected chi connectivity index (χ2v) is 15.2. The van der Waals surface area contributed by atoms with Crippen LogP contribution in [0, 0.1) is 17.8 Å². The fourth-order valence-electron chi connectivity index (χ4n) is 8.20. The molecular formula is C42H62N2O8. The molecule has 3 fully saturated rings. The summed E-state index contributed by atoms with van der Waals surface area (Å²) in [6.07, 6.45) is 7.85. The minimum absolute atomic E-state index is 0.0840. The third-order valence-corrected chi connectivity index (χ3v) is 11.0. The largest absolute Gasteiger partial charge is 0.493 e. The molecule has 2 aromatic carbocycles. The standard InChI is InChI=1S/C42H62N2O8/c1-30(2)27-36(45)40(32-11-6-5-7-12-32)41(46)44-20-9-8-15-35(44)42(47)52-37(18-16-31-17-19-38(48-3)39(28-31)49-4)33-13-10-14-34(29-33)51-26-23-43-21-24-50-25-22-43/h10,13-14,17,19,28-30,32,35-37,40,45H,5-9,11-12,15-16,18,20-27H2,1-4H3/t35-,36-,37+,40+/m1/s1. The van der Waals surface area contributed by atoms with E-state index in [1.54, 1.807) is 19.1 Å². The summed E-state index contributed by atoms with van der Waals surface area (Å²) in [5.41, 5.74) is 1.87. The summed E-state index contributed by atoms with van der Waals surface area (Å²) in [5.74, 6) is 1.46. The van der Waals surface area contributed by atoms with E-state index >= 15 is 0 Å². The molecule has 10 heteroatoms. The Kier molecular flexibility index (Phi) is 15.5. The number of piperidine rings is 1. The van der Waals surface area contributed by atoms with Crippen molar-refractivity contribution in [2.24, 2.45) is 17.8 Å². The Labute approximate surface area is 311 Å². The van der Waals surface area contributed by atoms with Gasteiger partial charge in [0.1, 0.15) is 24.5 Å². The van der Waals surface area contributed by atoms with Crippen LogP contribution in [0.3, 0.4) is 0 Å². The average Bonchev–Trinajstić information content (AvgIpc) is 3.17. The molecule has 2 saturated heterocycles. The van der Waals surface area contributed by atoms with E-state index in [0.717, 1.165) is 88.2 Å². The van der Waals surface area contributed by atoms with E-state index in [0.29, 0.717) is 50.3 Å². The van der Waals surface area contributed by atoms with Gasteiger partial charge in [0, 0.05) is 26.2 Å². The smallest absolute Gasteiger partial charge is 0.329 e. The van der Waals surface area contributed by atoms with Crippen molar-refractivity contribution >= 4 is 11.9 Å². The molecule has 5 rings (SSSR count). The van der Waals surface area contributed by atoms with E-state index in [2.05, 4.69) is 18.7 Å². The summed E-state index contributed by atoms with van der Waals surface area (Å²) >= 11 is 0. The van der Waals surface area contributed by atoms with Gasteiger partial charge < -0.3 is 33.7 Å². The molecule has 4 atom stereocenters. The Bertz CT molecular complexity index is 1410. The van der Waals surface area contributed by atoms with Crippen molar-refractivity contribution in [3.05, 3.63) is 53.6 Å². The van der Waals surface area contributed by atoms with E-state index in [9.17, 15) is 14.7 Å². The number of nitrogens with zero attached hydrogens (tertiary/aromatic N) is 2. The van der Waals surface area contributed by atoms with Gasteiger partial charge in [-0.25, -0.2) is 4.79 Å². The van der Waals surface area contributed by atoms with Gasteiger partial charge in [0.2, 0.25) is 5.91 Å². The van der Waals surface area contributed by atoms with Crippen LogP contribution in [0.25, 0.3) is 0 Å². The third-order valence-electron chi connectivity index (χ3n) is 11.0. The molecule has 2 aromatic rings. The fraction of sp³-hybridized carbons (Fsp3) is 0.667. The van der Waals surface area contributed by atoms with Gasteiger partial charge in [-0.1, -0.05) is 51.3 Å². The molecule has 0 bridgehead atoms. The van der Waals surface area contributed by atoms with Crippen molar-refractivity contribution in [2.75, 3.05) is 60.2 Å². The Balaban J connectivity index is 1.35. The number of esters is 1. The van der Waals surface area contributed by atoms with E-state index < -0.39 is 24.2 Å². The van der Waals surface area contributed by atoms with E-state index in [1.807, 2.05) is 42.5 Å². The van der Waals surface area contributed by atoms with Crippen LogP contribution in [0.2, 0.25) is 0 Å². The number of hydrogen-bond donors (Lipinski definition) is 1. The molecule has 0 aromatic heterocycles. The van der Waals surface area contributed by atoms with Crippen LogP contribution in [0.1, 0.15) is 95.3 Å². The number of aryl methyl sites for hydroxylation is 1. The van der Waals surface area contributed by atoms with Crippen LogP contribution in [0.4, 0.5) is 0 Å². The van der Waals surface area contributed by atoms with Crippen molar-refractivity contribution in [3.63, 3.8) is 0 Å². The molecule has 10 nitrogen and oxygen atoms in total. The number of benzene rings is 2. The van der Waals surface area contributed by atoms with Gasteiger partial charge in [-0.3, -0.25) is 9.69 Å². The Hall–Kier alpha value is -3.34. The number of aliphatic hydroxyl groups excluding tert-OH is 1. The lowest BCUT2D eigenvalue weighted by Gasteiger charge is -2.41. The summed E-state index contributed by atoms with van der Waals surface area (Å²) < 4.78 is 29.1. The number of methoxy groups -OCH3 is 2. The summed E-state index contributed by atoms with van der Waals surface area (Å²) in [6, 6.07) is 13.0. The van der Waals surface area contributed by atoms with E-state index in [1.165, 1.54) is 6.42 Å². The Morgan fingerprint density at radius 1 is 0.904 bits per heavy atom. The second kappa shape index (κ2) is 20.2. The molecule has 0 unspecified atom stereocenters. The van der Waals surface area contributed by atoms with Crippen LogP contribution in [-0.4, -0.2) is 99.1 Å². The van der Waals surface area contributed by atoms with E-state index in [-0.39, 0.29) is 23.7 Å². The number of ether oxygens (including phenoxy) is 5. The highest BCUT2D eigenvalue weighted by Crippen LogP contribution is 2.37. The monoisotopic (exact) mass is 722 g/mol. The molecule has 0 radical (unpaired) electrons. The van der Waals surface area contributed by atoms with Gasteiger partial charge in [0.05, 0.1) is 39.5 Å². The maximum Gasteiger partial charge on any atom is 0.329 e. The minimum Gasteiger partial charge on any atom is -0.493 e. The number of hydrogen-bond acceptors (Lipinski definition) is 9. The lowest BCUT2D eigenvalue weighted by Crippen LogP contribution is -2.54. The molecule has 3 aliphatic rings. The van der Waals surface area contributed by atoms with Crippen molar-refractivity contribution in [1.29, 1.82) is 0 Å². The van der Waals surface area contributed by atoms with Gasteiger partial charge in [-0.15, -0.1) is 0 Å². The van der Waals surface area contributed by atoms with Gasteiger partial charge in [0.25, 0.3) is 0 Å². The highest BCUT2D eigenvalue weighted by atomic mass is 16.5. The predicted molar refractivity (Wildman–Crippen MR) is 201 cm³/mol. The van der Waals surface area contributed by atoms with Crippen molar-refractivity contribution < 1.29 is 38.4 Å². The summed E-state index contributed by atoms with van der Waals surface area (Å²) in [6.45, 7) is 9.30. The van der Waals surface area contributed by atoms with Crippen LogP contribution in [0.15, 0.2) is 42.5 Å². The number of likely N-dealkylation sites (tertiary alicyclic amines) is 1. The first-order valence-corrected chi connectivity index (χ1v) is 19.7. The zero-order chi connectivity index (χ0) is 36.9. The van der Waals surface area contributed by atoms with Gasteiger partial charge in [0.15, 0.2) is 11.5 Å². The Morgan fingerprint density at radius 3 is 2.38 bits per heavy atom. The first-order valence-electron chi connectivity index (χ1n) is 19.7. The zero-order valence-electron chi connectivity index (χ0n) is 31.9. The van der Waals surface area contributed by atoms with Crippen LogP contribution in [-0.2, 0) is 25.5 Å². The topological polar surface area (TPSA) is 107 Å². The minimum atomic E-state index is -0.727. The highest BCUT2D eigenvalue weighted by Gasteiger charge is 2.43. The van der Waals surface area contributed by atoms with Crippen LogP contribution >= 0.6 is 0 Å². The molecule has 1 aliphatic carbocycles. The number of amides is 1. The van der Waals surface area contributed by atoms with Crippen molar-refractivity contribution in [2.45, 2.75) is 103 Å². The SMILES string of the molecule is COc1ccc(CC[C@H](OC(=O)[C@H]2CCCCN2C(=O)[C@@H](C2CCCCC2)[C@H](O)CC(C)C)c2cccc(OCCN3CCOCC3)c2)cc1OC. The van der Waals surface area contributed by atoms with Crippen molar-refractivity contribution in [3.8, 4) is 17.2 Å². The number of rotatable bonds is 17. The quantitative estimate of drug-likeness (QED) is 0.181. The highest BCUT2D eigenvalue weighted by molar-refractivity contribution is 5.86. The molecule has 52 heavy (non-hydrogen) atoms. The van der Waals surface area contributed by atoms with E-state index in [4.69, 9.17) is 23.7 Å². The van der Waals surface area contributed by atoms with Gasteiger partial charge in [-0.05, 0) is 98.6 Å². The number of aliphatic hydroxyl groups is 1. The summed E-state index contributed by atoms with van der Waals surface area (Å²) in [4.78, 5) is 32.9. The molecule has 1 saturated carbocycles. The molecule has 1 amide bonds. The van der Waals surface area contributed by atoms with Crippen molar-refractivity contribution in [1.82, 2.24) is 9.80 Å². The maximum atomic E-state index is 14.5.